The van der Waals surface area contributed by atoms with Crippen LogP contribution in [0.1, 0.15) is 5.56 Å². The van der Waals surface area contributed by atoms with Crippen LogP contribution in [0.2, 0.25) is 0 Å². The average molecular weight is 341 g/mol. The molecule has 4 heterocycles. The van der Waals surface area contributed by atoms with Crippen LogP contribution in [0.5, 0.6) is 0 Å². The number of aromatic nitrogens is 4. The van der Waals surface area contributed by atoms with Crippen LogP contribution >= 0.6 is 0 Å². The third-order valence-corrected chi connectivity index (χ3v) is 4.37. The van der Waals surface area contributed by atoms with E-state index >= 15 is 0 Å². The third kappa shape index (κ3) is 3.14. The summed E-state index contributed by atoms with van der Waals surface area (Å²) in [6, 6.07) is 2.29. The summed E-state index contributed by atoms with van der Waals surface area (Å²) in [6.45, 7) is 5.44. The van der Waals surface area contributed by atoms with Crippen LogP contribution in [-0.4, -0.2) is 72.8 Å². The van der Waals surface area contributed by atoms with Crippen molar-refractivity contribution in [1.82, 2.24) is 20.2 Å². The summed E-state index contributed by atoms with van der Waals surface area (Å²) in [5, 5.41) is 16.6. The van der Waals surface area contributed by atoms with Crippen LogP contribution in [0.25, 0.3) is 11.3 Å². The maximum atomic E-state index is 9.78. The van der Waals surface area contributed by atoms with Crippen molar-refractivity contribution in [2.75, 3.05) is 62.4 Å². The number of hydrogen-bond donors (Lipinski definition) is 1. The normalized spacial score (nSPS) is 18.2. The van der Waals surface area contributed by atoms with Gasteiger partial charge in [0.1, 0.15) is 11.6 Å². The third-order valence-electron chi connectivity index (χ3n) is 4.37. The van der Waals surface area contributed by atoms with Gasteiger partial charge in [-0.1, -0.05) is 0 Å². The predicted molar refractivity (Wildman–Crippen MR) is 90.4 cm³/mol. The van der Waals surface area contributed by atoms with Gasteiger partial charge in [-0.15, -0.1) is 0 Å². The van der Waals surface area contributed by atoms with E-state index in [4.69, 9.17) is 14.5 Å². The Balaban J connectivity index is 1.82. The molecule has 4 rings (SSSR count). The van der Waals surface area contributed by atoms with Crippen molar-refractivity contribution in [2.24, 2.45) is 0 Å². The Bertz CT molecular complexity index is 760. The van der Waals surface area contributed by atoms with Crippen LogP contribution in [0.15, 0.2) is 12.4 Å². The van der Waals surface area contributed by atoms with E-state index in [1.54, 1.807) is 12.4 Å². The maximum Gasteiger partial charge on any atom is 0.228 e. The fourth-order valence-corrected chi connectivity index (χ4v) is 3.04. The molecule has 2 aliphatic rings. The summed E-state index contributed by atoms with van der Waals surface area (Å²) >= 11 is 0. The van der Waals surface area contributed by atoms with Crippen molar-refractivity contribution >= 4 is 11.8 Å². The van der Waals surface area contributed by atoms with Gasteiger partial charge in [-0.05, 0) is 0 Å². The number of morpholine rings is 2. The Morgan fingerprint density at radius 1 is 1.00 bits per heavy atom. The molecule has 1 N–H and O–H groups in total. The molecule has 9 nitrogen and oxygen atoms in total. The first-order valence-electron chi connectivity index (χ1n) is 8.33. The topological polar surface area (TPSA) is 103 Å². The van der Waals surface area contributed by atoms with E-state index in [1.165, 1.54) is 0 Å². The molecule has 0 aliphatic carbocycles. The van der Waals surface area contributed by atoms with Crippen LogP contribution in [0.4, 0.5) is 11.8 Å². The largest absolute Gasteiger partial charge is 0.378 e. The number of hydrogen-bond acceptors (Lipinski definition) is 8. The minimum Gasteiger partial charge on any atom is -0.378 e. The first-order chi connectivity index (χ1) is 12.4. The summed E-state index contributed by atoms with van der Waals surface area (Å²) in [6.07, 6.45) is 3.42. The van der Waals surface area contributed by atoms with Gasteiger partial charge < -0.3 is 19.3 Å². The predicted octanol–water partition coefficient (Wildman–Crippen LogP) is 0.412. The first kappa shape index (κ1) is 15.8. The molecule has 2 aromatic rings. The van der Waals surface area contributed by atoms with Gasteiger partial charge in [0.25, 0.3) is 0 Å². The van der Waals surface area contributed by atoms with E-state index in [-0.39, 0.29) is 0 Å². The minimum absolute atomic E-state index is 0.473. The molecule has 25 heavy (non-hydrogen) atoms. The number of rotatable bonds is 3. The van der Waals surface area contributed by atoms with Crippen LogP contribution in [0, 0.1) is 11.3 Å². The Morgan fingerprint density at radius 2 is 1.68 bits per heavy atom. The number of nitrogens with zero attached hydrogens (tertiary/aromatic N) is 6. The lowest BCUT2D eigenvalue weighted by Gasteiger charge is -2.31. The van der Waals surface area contributed by atoms with Crippen molar-refractivity contribution in [2.45, 2.75) is 0 Å². The molecule has 0 atom stereocenters. The molecule has 2 aliphatic heterocycles. The van der Waals surface area contributed by atoms with Gasteiger partial charge in [-0.2, -0.15) is 15.3 Å². The highest BCUT2D eigenvalue weighted by Crippen LogP contribution is 2.30. The van der Waals surface area contributed by atoms with Crippen molar-refractivity contribution in [3.8, 4) is 17.3 Å². The zero-order chi connectivity index (χ0) is 17.1. The molecule has 0 unspecified atom stereocenters. The first-order valence-corrected chi connectivity index (χ1v) is 8.33. The van der Waals surface area contributed by atoms with Gasteiger partial charge in [-0.3, -0.25) is 5.10 Å². The molecule has 0 spiro atoms. The number of ether oxygens (including phenoxy) is 2. The van der Waals surface area contributed by atoms with E-state index in [9.17, 15) is 5.26 Å². The molecule has 0 saturated carbocycles. The number of nitriles is 1. The van der Waals surface area contributed by atoms with E-state index in [0.29, 0.717) is 62.5 Å². The number of H-pyrrole nitrogens is 1. The zero-order valence-corrected chi connectivity index (χ0v) is 13.8. The molecule has 0 bridgehead atoms. The van der Waals surface area contributed by atoms with Crippen molar-refractivity contribution in [3.05, 3.63) is 18.0 Å². The Kier molecular flexibility index (Phi) is 4.45. The van der Waals surface area contributed by atoms with Crippen LogP contribution < -0.4 is 9.80 Å². The van der Waals surface area contributed by atoms with Crippen molar-refractivity contribution < 1.29 is 9.47 Å². The minimum atomic E-state index is 0.473. The van der Waals surface area contributed by atoms with Crippen LogP contribution in [-0.2, 0) is 9.47 Å². The van der Waals surface area contributed by atoms with Gasteiger partial charge in [0.15, 0.2) is 5.82 Å². The monoisotopic (exact) mass is 341 g/mol. The smallest absolute Gasteiger partial charge is 0.228 e. The highest BCUT2D eigenvalue weighted by atomic mass is 16.5. The van der Waals surface area contributed by atoms with Crippen molar-refractivity contribution in [1.29, 1.82) is 5.26 Å². The zero-order valence-electron chi connectivity index (χ0n) is 13.8. The summed E-state index contributed by atoms with van der Waals surface area (Å²) in [5.74, 6) is 1.29. The van der Waals surface area contributed by atoms with Crippen LogP contribution in [0.3, 0.4) is 0 Å². The number of aromatic amines is 1. The number of anilines is 2. The molecular formula is C16H19N7O2. The molecule has 0 aromatic carbocycles. The van der Waals surface area contributed by atoms with E-state index in [1.807, 2.05) is 0 Å². The van der Waals surface area contributed by atoms with E-state index in [2.05, 4.69) is 31.1 Å². The van der Waals surface area contributed by atoms with Gasteiger partial charge in [0.2, 0.25) is 5.95 Å². The van der Waals surface area contributed by atoms with E-state index < -0.39 is 0 Å². The lowest BCUT2D eigenvalue weighted by molar-refractivity contribution is 0.121. The average Bonchev–Trinajstić information content (AvgIpc) is 3.23. The molecule has 0 amide bonds. The van der Waals surface area contributed by atoms with E-state index in [0.717, 1.165) is 18.7 Å². The summed E-state index contributed by atoms with van der Waals surface area (Å²) in [7, 11) is 0. The van der Waals surface area contributed by atoms with Gasteiger partial charge in [0, 0.05) is 37.9 Å². The quantitative estimate of drug-likeness (QED) is 0.856. The summed E-state index contributed by atoms with van der Waals surface area (Å²) in [5.41, 5.74) is 1.86. The molecule has 130 valence electrons. The highest BCUT2D eigenvalue weighted by molar-refractivity contribution is 5.74. The molecule has 2 aromatic heterocycles. The van der Waals surface area contributed by atoms with Gasteiger partial charge in [0.05, 0.1) is 38.3 Å². The maximum absolute atomic E-state index is 9.78. The fourth-order valence-electron chi connectivity index (χ4n) is 3.04. The number of nitrogens with one attached hydrogen (secondary N) is 1. The lowest BCUT2D eigenvalue weighted by atomic mass is 10.1. The van der Waals surface area contributed by atoms with Crippen molar-refractivity contribution in [3.63, 3.8) is 0 Å². The summed E-state index contributed by atoms with van der Waals surface area (Å²) in [4.78, 5) is 13.6. The molecule has 0 radical (unpaired) electrons. The second kappa shape index (κ2) is 7.04. The fraction of sp³-hybridized carbons (Fsp3) is 0.500. The second-order valence-corrected chi connectivity index (χ2v) is 5.87. The summed E-state index contributed by atoms with van der Waals surface area (Å²) < 4.78 is 10.9. The Labute approximate surface area is 145 Å². The molecule has 2 saturated heterocycles. The van der Waals surface area contributed by atoms with Gasteiger partial charge in [-0.25, -0.2) is 4.98 Å². The second-order valence-electron chi connectivity index (χ2n) is 5.87. The molecule has 9 heteroatoms. The lowest BCUT2D eigenvalue weighted by Crippen LogP contribution is -2.40. The Hall–Kier alpha value is -2.70. The Morgan fingerprint density at radius 3 is 2.28 bits per heavy atom. The standard InChI is InChI=1S/C16H19N7O2/c17-9-13-14(12-10-18-19-11-12)20-16(23-3-7-25-8-4-23)21-15(13)22-1-5-24-6-2-22/h10-11H,1-8H2,(H,18,19). The molecule has 2 fully saturated rings. The molecular weight excluding hydrogens is 322 g/mol. The SMILES string of the molecule is N#Cc1c(-c2cn[nH]c2)nc(N2CCOCC2)nc1N1CCOCC1. The highest BCUT2D eigenvalue weighted by Gasteiger charge is 2.25. The van der Waals surface area contributed by atoms with Gasteiger partial charge >= 0.3 is 0 Å².